The zero-order valence-electron chi connectivity index (χ0n) is 12.2. The molecule has 0 fully saturated rings. The van der Waals surface area contributed by atoms with Crippen LogP contribution in [-0.2, 0) is 9.47 Å². The number of hydrogen-bond donors (Lipinski definition) is 0. The Morgan fingerprint density at radius 1 is 1.06 bits per heavy atom. The second-order valence-corrected chi connectivity index (χ2v) is 6.91. The van der Waals surface area contributed by atoms with E-state index >= 15 is 0 Å². The van der Waals surface area contributed by atoms with Crippen molar-refractivity contribution in [3.8, 4) is 0 Å². The second kappa shape index (κ2) is 8.48. The van der Waals surface area contributed by atoms with Crippen molar-refractivity contribution in [2.24, 2.45) is 5.41 Å². The highest BCUT2D eigenvalue weighted by Gasteiger charge is 2.42. The molecule has 0 aromatic carbocycles. The lowest BCUT2D eigenvalue weighted by Gasteiger charge is -2.41. The van der Waals surface area contributed by atoms with E-state index in [1.165, 1.54) is 6.42 Å². The van der Waals surface area contributed by atoms with E-state index in [4.69, 9.17) is 9.47 Å². The van der Waals surface area contributed by atoms with E-state index < -0.39 is 0 Å². The number of hydrogen-bond acceptors (Lipinski definition) is 2. The molecule has 0 N–H and O–H groups in total. The van der Waals surface area contributed by atoms with Crippen LogP contribution in [0.3, 0.4) is 0 Å². The van der Waals surface area contributed by atoms with Crippen LogP contribution in [0.5, 0.6) is 0 Å². The average Bonchev–Trinajstić information content (AvgIpc) is 2.13. The Bertz CT molecular complexity index is 162. The van der Waals surface area contributed by atoms with Crippen LogP contribution in [0.4, 0.5) is 0 Å². The van der Waals surface area contributed by atoms with E-state index in [9.17, 15) is 0 Å². The van der Waals surface area contributed by atoms with Crippen molar-refractivity contribution in [2.75, 3.05) is 13.7 Å². The van der Waals surface area contributed by atoms with Crippen LogP contribution in [-0.4, -0.2) is 24.3 Å². The molecule has 2 nitrogen and oxygen atoms in total. The lowest BCUT2D eigenvalue weighted by atomic mass is 9.80. The van der Waals surface area contributed by atoms with Crippen molar-refractivity contribution in [2.45, 2.75) is 65.5 Å². The Labute approximate surface area is 110 Å². The first kappa shape index (κ1) is 18.8. The van der Waals surface area contributed by atoms with Crippen molar-refractivity contribution in [1.29, 1.82) is 0 Å². The van der Waals surface area contributed by atoms with Gasteiger partial charge in [-0.3, -0.25) is 0 Å². The normalized spacial score (nSPS) is 14.1. The molecule has 0 heterocycles. The SMILES string of the molecule is CCC.CCOC(OC)C(C)(C)C(C)(C)Br. The minimum absolute atomic E-state index is 0.0180. The van der Waals surface area contributed by atoms with Crippen LogP contribution in [0.1, 0.15) is 54.9 Å². The van der Waals surface area contributed by atoms with Crippen LogP contribution in [0.2, 0.25) is 0 Å². The summed E-state index contributed by atoms with van der Waals surface area (Å²) in [4.78, 5) is 0. The van der Waals surface area contributed by atoms with Gasteiger partial charge in [0.05, 0.1) is 0 Å². The molecule has 0 bridgehead atoms. The van der Waals surface area contributed by atoms with Gasteiger partial charge in [-0.15, -0.1) is 0 Å². The van der Waals surface area contributed by atoms with Crippen LogP contribution in [0.15, 0.2) is 0 Å². The van der Waals surface area contributed by atoms with Gasteiger partial charge in [0.25, 0.3) is 0 Å². The van der Waals surface area contributed by atoms with Gasteiger partial charge in [-0.2, -0.15) is 0 Å². The Balaban J connectivity index is 0. The molecule has 0 amide bonds. The number of alkyl halides is 1. The predicted octanol–water partition coefficient (Wildman–Crippen LogP) is 4.61. The summed E-state index contributed by atoms with van der Waals surface area (Å²) in [6.07, 6.45) is 1.08. The largest absolute Gasteiger partial charge is 0.355 e. The molecule has 1 atom stereocenters. The molecule has 0 aromatic heterocycles. The fourth-order valence-electron chi connectivity index (χ4n) is 1.00. The average molecular weight is 297 g/mol. The topological polar surface area (TPSA) is 18.5 Å². The maximum atomic E-state index is 5.53. The number of halogens is 1. The summed E-state index contributed by atoms with van der Waals surface area (Å²) < 4.78 is 10.8. The summed E-state index contributed by atoms with van der Waals surface area (Å²) in [5, 5.41) is 0. The fourth-order valence-corrected chi connectivity index (χ4v) is 1.19. The standard InChI is InChI=1S/C10H21BrO2.C3H8/c1-7-13-8(12-6)9(2,3)10(4,5)11;1-3-2/h8H,7H2,1-6H3;3H2,1-2H3. The molecule has 3 heteroatoms. The third-order valence-corrected chi connectivity index (χ3v) is 3.68. The summed E-state index contributed by atoms with van der Waals surface area (Å²) in [5.74, 6) is 0. The Kier molecular flexibility index (Phi) is 9.95. The first-order valence-electron chi connectivity index (χ1n) is 6.02. The van der Waals surface area contributed by atoms with Gasteiger partial charge in [0.1, 0.15) is 0 Å². The van der Waals surface area contributed by atoms with E-state index in [2.05, 4.69) is 57.5 Å². The lowest BCUT2D eigenvalue weighted by molar-refractivity contribution is -0.187. The maximum Gasteiger partial charge on any atom is 0.163 e. The van der Waals surface area contributed by atoms with E-state index in [0.717, 1.165) is 0 Å². The van der Waals surface area contributed by atoms with Gasteiger partial charge >= 0.3 is 0 Å². The molecule has 16 heavy (non-hydrogen) atoms. The number of ether oxygens (including phenoxy) is 2. The molecule has 0 radical (unpaired) electrons. The van der Waals surface area contributed by atoms with Crippen LogP contribution in [0.25, 0.3) is 0 Å². The summed E-state index contributed by atoms with van der Waals surface area (Å²) in [7, 11) is 1.68. The van der Waals surface area contributed by atoms with Crippen molar-refractivity contribution in [3.63, 3.8) is 0 Å². The summed E-state index contributed by atoms with van der Waals surface area (Å²) in [6, 6.07) is 0. The van der Waals surface area contributed by atoms with E-state index in [1.54, 1.807) is 7.11 Å². The monoisotopic (exact) mass is 296 g/mol. The first-order chi connectivity index (χ1) is 7.18. The highest BCUT2D eigenvalue weighted by atomic mass is 79.9. The zero-order chi connectivity index (χ0) is 13.4. The lowest BCUT2D eigenvalue weighted by Crippen LogP contribution is -2.45. The third-order valence-electron chi connectivity index (χ3n) is 2.65. The van der Waals surface area contributed by atoms with E-state index in [-0.39, 0.29) is 16.0 Å². The highest BCUT2D eigenvalue weighted by molar-refractivity contribution is 9.10. The van der Waals surface area contributed by atoms with Gasteiger partial charge in [-0.25, -0.2) is 0 Å². The van der Waals surface area contributed by atoms with Gasteiger partial charge in [0.15, 0.2) is 6.29 Å². The maximum absolute atomic E-state index is 5.53. The molecule has 0 aliphatic rings. The van der Waals surface area contributed by atoms with Crippen molar-refractivity contribution in [1.82, 2.24) is 0 Å². The molecule has 0 saturated heterocycles. The zero-order valence-corrected chi connectivity index (χ0v) is 13.8. The molecular formula is C13H29BrO2. The Morgan fingerprint density at radius 3 is 1.62 bits per heavy atom. The molecule has 0 spiro atoms. The molecule has 100 valence electrons. The third kappa shape index (κ3) is 6.21. The van der Waals surface area contributed by atoms with Gasteiger partial charge in [0, 0.05) is 23.5 Å². The Hall–Kier alpha value is 0.400. The molecule has 0 aliphatic heterocycles. The van der Waals surface area contributed by atoms with Crippen molar-refractivity contribution >= 4 is 15.9 Å². The predicted molar refractivity (Wildman–Crippen MR) is 75.2 cm³/mol. The molecule has 0 saturated carbocycles. The van der Waals surface area contributed by atoms with Gasteiger partial charge in [-0.05, 0) is 20.8 Å². The molecule has 1 unspecified atom stereocenters. The molecule has 0 aromatic rings. The van der Waals surface area contributed by atoms with Crippen LogP contribution in [0, 0.1) is 5.41 Å². The Morgan fingerprint density at radius 2 is 1.44 bits per heavy atom. The molecule has 0 aliphatic carbocycles. The van der Waals surface area contributed by atoms with E-state index in [0.29, 0.717) is 6.61 Å². The van der Waals surface area contributed by atoms with Gasteiger partial charge < -0.3 is 9.47 Å². The summed E-state index contributed by atoms with van der Waals surface area (Å²) >= 11 is 3.65. The smallest absolute Gasteiger partial charge is 0.163 e. The highest BCUT2D eigenvalue weighted by Crippen LogP contribution is 2.41. The first-order valence-corrected chi connectivity index (χ1v) is 6.81. The quantitative estimate of drug-likeness (QED) is 0.545. The minimum atomic E-state index is -0.174. The van der Waals surface area contributed by atoms with E-state index in [1.807, 2.05) is 6.92 Å². The fraction of sp³-hybridized carbons (Fsp3) is 1.00. The van der Waals surface area contributed by atoms with Crippen LogP contribution >= 0.6 is 15.9 Å². The molecule has 0 rings (SSSR count). The molecular weight excluding hydrogens is 268 g/mol. The van der Waals surface area contributed by atoms with Gasteiger partial charge in [-0.1, -0.05) is 50.0 Å². The number of methoxy groups -OCH3 is 1. The van der Waals surface area contributed by atoms with Crippen molar-refractivity contribution < 1.29 is 9.47 Å². The number of rotatable bonds is 5. The van der Waals surface area contributed by atoms with Crippen LogP contribution < -0.4 is 0 Å². The van der Waals surface area contributed by atoms with Crippen molar-refractivity contribution in [3.05, 3.63) is 0 Å². The summed E-state index contributed by atoms with van der Waals surface area (Å²) in [6.45, 7) is 15.4. The minimum Gasteiger partial charge on any atom is -0.355 e. The second-order valence-electron chi connectivity index (χ2n) is 4.92. The summed E-state index contributed by atoms with van der Waals surface area (Å²) in [5.41, 5.74) is -0.0717. The van der Waals surface area contributed by atoms with Gasteiger partial charge in [0.2, 0.25) is 0 Å².